The van der Waals surface area contributed by atoms with Crippen LogP contribution in [0.3, 0.4) is 0 Å². The molecule has 0 spiro atoms. The number of hydrogen-bond acceptors (Lipinski definition) is 2. The summed E-state index contributed by atoms with van der Waals surface area (Å²) in [5.41, 5.74) is 0.322. The fourth-order valence-electron chi connectivity index (χ4n) is 2.68. The van der Waals surface area contributed by atoms with Crippen molar-refractivity contribution in [2.75, 3.05) is 5.75 Å². The molecule has 2 atom stereocenters. The van der Waals surface area contributed by atoms with E-state index in [2.05, 4.69) is 34.6 Å². The lowest BCUT2D eigenvalue weighted by Gasteiger charge is -2.24. The van der Waals surface area contributed by atoms with Gasteiger partial charge < -0.3 is 0 Å². The fourth-order valence-corrected chi connectivity index (χ4v) is 3.61. The zero-order valence-corrected chi connectivity index (χ0v) is 13.4. The van der Waals surface area contributed by atoms with Gasteiger partial charge in [0.25, 0.3) is 10.1 Å². The highest BCUT2D eigenvalue weighted by Gasteiger charge is 2.19. The molecule has 0 aliphatic heterocycles. The lowest BCUT2D eigenvalue weighted by Crippen LogP contribution is -2.17. The Balaban J connectivity index is 4.19. The van der Waals surface area contributed by atoms with E-state index in [0.29, 0.717) is 11.3 Å². The van der Waals surface area contributed by atoms with E-state index in [1.165, 1.54) is 0 Å². The summed E-state index contributed by atoms with van der Waals surface area (Å²) in [5, 5.41) is 0. The molecule has 2 unspecified atom stereocenters. The Morgan fingerprint density at radius 1 is 1.11 bits per heavy atom. The highest BCUT2D eigenvalue weighted by molar-refractivity contribution is 7.85. The predicted octanol–water partition coefficient (Wildman–Crippen LogP) is 4.14. The van der Waals surface area contributed by atoms with Crippen molar-refractivity contribution >= 4 is 10.1 Å². The molecule has 1 N–H and O–H groups in total. The Bertz CT molecular complexity index is 314. The van der Waals surface area contributed by atoms with Crippen molar-refractivity contribution < 1.29 is 13.0 Å². The van der Waals surface area contributed by atoms with Crippen LogP contribution in [0.2, 0.25) is 0 Å². The van der Waals surface area contributed by atoms with Crippen molar-refractivity contribution in [3.63, 3.8) is 0 Å². The molecule has 0 bridgehead atoms. The Labute approximate surface area is 113 Å². The monoisotopic (exact) mass is 278 g/mol. The van der Waals surface area contributed by atoms with Gasteiger partial charge >= 0.3 is 0 Å². The van der Waals surface area contributed by atoms with Crippen LogP contribution in [-0.4, -0.2) is 18.7 Å². The van der Waals surface area contributed by atoms with Crippen LogP contribution in [0.15, 0.2) is 0 Å². The van der Waals surface area contributed by atoms with Gasteiger partial charge in [0.15, 0.2) is 0 Å². The van der Waals surface area contributed by atoms with Crippen LogP contribution in [0, 0.1) is 17.3 Å². The summed E-state index contributed by atoms with van der Waals surface area (Å²) in [5.74, 6) is 0.626. The van der Waals surface area contributed by atoms with E-state index in [4.69, 9.17) is 4.55 Å². The fraction of sp³-hybridized carbons (Fsp3) is 1.00. The first-order valence-corrected chi connectivity index (χ1v) is 8.59. The van der Waals surface area contributed by atoms with E-state index in [0.717, 1.165) is 32.1 Å². The quantitative estimate of drug-likeness (QED) is 0.679. The smallest absolute Gasteiger partial charge is 0.265 e. The van der Waals surface area contributed by atoms with Crippen molar-refractivity contribution in [2.45, 2.75) is 66.7 Å². The van der Waals surface area contributed by atoms with Gasteiger partial charge in [-0.25, -0.2) is 0 Å². The molecule has 0 fully saturated rings. The maximum atomic E-state index is 10.9. The Hall–Kier alpha value is -0.0900. The van der Waals surface area contributed by atoms with Crippen LogP contribution in [0.1, 0.15) is 66.7 Å². The largest absolute Gasteiger partial charge is 0.286 e. The van der Waals surface area contributed by atoms with Gasteiger partial charge in [-0.15, -0.1) is 0 Å². The number of hydrogen-bond donors (Lipinski definition) is 1. The van der Waals surface area contributed by atoms with Crippen LogP contribution in [0.5, 0.6) is 0 Å². The second-order valence-electron chi connectivity index (χ2n) is 6.85. The van der Waals surface area contributed by atoms with Crippen LogP contribution in [-0.2, 0) is 10.1 Å². The second kappa shape index (κ2) is 7.49. The summed E-state index contributed by atoms with van der Waals surface area (Å²) in [6.45, 7) is 11.0. The third-order valence-corrected chi connectivity index (χ3v) is 4.06. The van der Waals surface area contributed by atoms with Gasteiger partial charge in [0, 0.05) is 0 Å². The van der Waals surface area contributed by atoms with E-state index in [-0.39, 0.29) is 11.7 Å². The molecule has 110 valence electrons. The first-order chi connectivity index (χ1) is 8.03. The standard InChI is InChI=1S/C14H30O3S/c1-6-7-13(11-18(15,16)17)9-8-12(2)10-14(3,4)5/h12-13H,6-11H2,1-5H3,(H,15,16,17). The molecule has 3 nitrogen and oxygen atoms in total. The van der Waals surface area contributed by atoms with Crippen LogP contribution in [0.25, 0.3) is 0 Å². The Morgan fingerprint density at radius 3 is 2.06 bits per heavy atom. The molecule has 0 saturated heterocycles. The zero-order valence-electron chi connectivity index (χ0n) is 12.6. The Morgan fingerprint density at radius 2 is 1.67 bits per heavy atom. The summed E-state index contributed by atoms with van der Waals surface area (Å²) in [6, 6.07) is 0. The molecule has 18 heavy (non-hydrogen) atoms. The molecule has 0 aromatic carbocycles. The molecule has 0 rings (SSSR count). The van der Waals surface area contributed by atoms with E-state index in [9.17, 15) is 8.42 Å². The van der Waals surface area contributed by atoms with Gasteiger partial charge in [-0.2, -0.15) is 8.42 Å². The van der Waals surface area contributed by atoms with Gasteiger partial charge in [-0.3, -0.25) is 4.55 Å². The molecule has 0 aliphatic carbocycles. The summed E-state index contributed by atoms with van der Waals surface area (Å²) < 4.78 is 30.8. The normalized spacial score (nSPS) is 16.6. The summed E-state index contributed by atoms with van der Waals surface area (Å²) >= 11 is 0. The highest BCUT2D eigenvalue weighted by atomic mass is 32.2. The van der Waals surface area contributed by atoms with Crippen LogP contribution >= 0.6 is 0 Å². The van der Waals surface area contributed by atoms with Crippen molar-refractivity contribution in [3.8, 4) is 0 Å². The topological polar surface area (TPSA) is 54.4 Å². The van der Waals surface area contributed by atoms with Gasteiger partial charge in [0.2, 0.25) is 0 Å². The van der Waals surface area contributed by atoms with E-state index in [1.807, 2.05) is 0 Å². The molecule has 0 radical (unpaired) electrons. The lowest BCUT2D eigenvalue weighted by atomic mass is 9.82. The van der Waals surface area contributed by atoms with Gasteiger partial charge in [0.1, 0.15) is 0 Å². The van der Waals surface area contributed by atoms with Crippen molar-refractivity contribution in [3.05, 3.63) is 0 Å². The summed E-state index contributed by atoms with van der Waals surface area (Å²) in [7, 11) is -3.83. The molecular weight excluding hydrogens is 248 g/mol. The third-order valence-electron chi connectivity index (χ3n) is 3.17. The van der Waals surface area contributed by atoms with Gasteiger partial charge in [-0.05, 0) is 36.5 Å². The summed E-state index contributed by atoms with van der Waals surface area (Å²) in [6.07, 6.45) is 4.93. The summed E-state index contributed by atoms with van der Waals surface area (Å²) in [4.78, 5) is 0. The first-order valence-electron chi connectivity index (χ1n) is 6.98. The maximum Gasteiger partial charge on any atom is 0.265 e. The molecule has 0 amide bonds. The minimum Gasteiger partial charge on any atom is -0.286 e. The van der Waals surface area contributed by atoms with Gasteiger partial charge in [0.05, 0.1) is 5.75 Å². The SMILES string of the molecule is CCCC(CCC(C)CC(C)(C)C)CS(=O)(=O)O. The molecule has 0 aliphatic rings. The minimum atomic E-state index is -3.83. The molecule has 0 aromatic heterocycles. The van der Waals surface area contributed by atoms with E-state index < -0.39 is 10.1 Å². The minimum absolute atomic E-state index is 0.0803. The average Bonchev–Trinajstić information content (AvgIpc) is 2.09. The first kappa shape index (κ1) is 17.9. The third kappa shape index (κ3) is 11.0. The molecule has 0 saturated carbocycles. The lowest BCUT2D eigenvalue weighted by molar-refractivity contribution is 0.280. The average molecular weight is 278 g/mol. The van der Waals surface area contributed by atoms with Crippen molar-refractivity contribution in [1.82, 2.24) is 0 Å². The second-order valence-corrected chi connectivity index (χ2v) is 8.35. The van der Waals surface area contributed by atoms with E-state index in [1.54, 1.807) is 0 Å². The van der Waals surface area contributed by atoms with E-state index >= 15 is 0 Å². The molecule has 0 aromatic rings. The Kier molecular flexibility index (Phi) is 7.45. The van der Waals surface area contributed by atoms with Crippen molar-refractivity contribution in [1.29, 1.82) is 0 Å². The zero-order chi connectivity index (χ0) is 14.4. The predicted molar refractivity (Wildman–Crippen MR) is 77.3 cm³/mol. The molecular formula is C14H30O3S. The molecule has 0 heterocycles. The van der Waals surface area contributed by atoms with Crippen LogP contribution in [0.4, 0.5) is 0 Å². The van der Waals surface area contributed by atoms with Crippen molar-refractivity contribution in [2.24, 2.45) is 17.3 Å². The maximum absolute atomic E-state index is 10.9. The highest BCUT2D eigenvalue weighted by Crippen LogP contribution is 2.28. The van der Waals surface area contributed by atoms with Gasteiger partial charge in [-0.1, -0.05) is 47.5 Å². The van der Waals surface area contributed by atoms with Crippen LogP contribution < -0.4 is 0 Å². The molecule has 4 heteroatoms. The number of rotatable bonds is 8.